The second kappa shape index (κ2) is 8.51. The molecule has 2 aromatic carbocycles. The highest BCUT2D eigenvalue weighted by Crippen LogP contribution is 2.23. The van der Waals surface area contributed by atoms with Gasteiger partial charge in [0, 0.05) is 11.4 Å². The van der Waals surface area contributed by atoms with Gasteiger partial charge in [0.2, 0.25) is 16.0 Å². The lowest BCUT2D eigenvalue weighted by Crippen LogP contribution is -2.11. The minimum atomic E-state index is -3.79. The maximum absolute atomic E-state index is 14.1. The number of nitrogens with zero attached hydrogens (tertiary/aromatic N) is 3. The molecule has 0 saturated carbocycles. The summed E-state index contributed by atoms with van der Waals surface area (Å²) in [4.78, 5) is 11.0. The van der Waals surface area contributed by atoms with E-state index in [4.69, 9.17) is 16.4 Å². The van der Waals surface area contributed by atoms with Gasteiger partial charge in [-0.05, 0) is 48.5 Å². The highest BCUT2D eigenvalue weighted by Gasteiger charge is 2.10. The van der Waals surface area contributed by atoms with Crippen LogP contribution in [0.15, 0.2) is 59.6 Å². The van der Waals surface area contributed by atoms with Crippen molar-refractivity contribution in [3.8, 4) is 5.75 Å². The lowest BCUT2D eigenvalue weighted by Gasteiger charge is -2.10. The molecule has 0 bridgehead atoms. The number of ether oxygens (including phenoxy) is 1. The van der Waals surface area contributed by atoms with E-state index >= 15 is 0 Å². The van der Waals surface area contributed by atoms with E-state index in [2.05, 4.69) is 25.4 Å². The third kappa shape index (κ3) is 5.38. The molecule has 29 heavy (non-hydrogen) atoms. The van der Waals surface area contributed by atoms with Crippen molar-refractivity contribution in [2.75, 3.05) is 17.4 Å². The minimum Gasteiger partial charge on any atom is -0.426 e. The fourth-order valence-electron chi connectivity index (χ4n) is 2.25. The van der Waals surface area contributed by atoms with Crippen LogP contribution in [0.2, 0.25) is 0 Å². The fourth-order valence-corrected chi connectivity index (χ4v) is 2.77. The van der Waals surface area contributed by atoms with Gasteiger partial charge < -0.3 is 15.4 Å². The second-order valence-electron chi connectivity index (χ2n) is 5.67. The Hall–Kier alpha value is -3.75. The summed E-state index contributed by atoms with van der Waals surface area (Å²) in [5.74, 6) is -0.0961. The largest absolute Gasteiger partial charge is 0.426 e. The van der Waals surface area contributed by atoms with Crippen molar-refractivity contribution in [2.45, 2.75) is 4.90 Å². The van der Waals surface area contributed by atoms with Gasteiger partial charge in [0.05, 0.1) is 11.1 Å². The van der Waals surface area contributed by atoms with Gasteiger partial charge in [0.15, 0.2) is 11.6 Å². The summed E-state index contributed by atoms with van der Waals surface area (Å²) in [6.07, 6.45) is 1.00. The summed E-state index contributed by atoms with van der Waals surface area (Å²) >= 11 is 0. The Morgan fingerprint density at radius 2 is 1.69 bits per heavy atom. The number of nitrogens with two attached hydrogens (primary N) is 1. The van der Waals surface area contributed by atoms with Crippen LogP contribution in [0, 0.1) is 12.4 Å². The number of nitrogens with one attached hydrogen (secondary N) is 2. The van der Waals surface area contributed by atoms with E-state index in [9.17, 15) is 12.8 Å². The van der Waals surface area contributed by atoms with E-state index in [1.54, 1.807) is 24.3 Å². The lowest BCUT2D eigenvalue weighted by molar-refractivity contribution is 0.361. The summed E-state index contributed by atoms with van der Waals surface area (Å²) in [7, 11) is -3.79. The van der Waals surface area contributed by atoms with E-state index in [1.165, 1.54) is 24.3 Å². The number of rotatable bonds is 7. The zero-order valence-corrected chi connectivity index (χ0v) is 15.6. The van der Waals surface area contributed by atoms with Crippen molar-refractivity contribution in [3.63, 3.8) is 0 Å². The monoisotopic (exact) mass is 414 g/mol. The third-order valence-corrected chi connectivity index (χ3v) is 4.53. The molecule has 1 heterocycles. The molecule has 0 radical (unpaired) electrons. The smallest absolute Gasteiger partial charge is 0.357 e. The predicted octanol–water partition coefficient (Wildman–Crippen LogP) is 3.01. The van der Waals surface area contributed by atoms with E-state index in [0.29, 0.717) is 17.1 Å². The average Bonchev–Trinajstić information content (AvgIpc) is 2.70. The number of hydrogen-bond donors (Lipinski definition) is 3. The number of hydrogen-bond acceptors (Lipinski definition) is 7. The first-order valence-corrected chi connectivity index (χ1v) is 9.65. The van der Waals surface area contributed by atoms with Crippen molar-refractivity contribution in [3.05, 3.63) is 72.0 Å². The molecule has 148 valence electrons. The van der Waals surface area contributed by atoms with Gasteiger partial charge >= 0.3 is 6.73 Å². The van der Waals surface area contributed by atoms with Crippen LogP contribution in [0.4, 0.5) is 27.5 Å². The van der Waals surface area contributed by atoms with Gasteiger partial charge in [0.1, 0.15) is 5.75 Å². The molecular weight excluding hydrogens is 399 g/mol. The zero-order chi connectivity index (χ0) is 20.9. The zero-order valence-electron chi connectivity index (χ0n) is 14.8. The molecule has 0 aliphatic heterocycles. The molecule has 0 atom stereocenters. The molecule has 3 rings (SSSR count). The maximum atomic E-state index is 14.1. The normalized spacial score (nSPS) is 10.8. The lowest BCUT2D eigenvalue weighted by atomic mass is 10.3. The number of sulfonamides is 1. The molecule has 0 saturated heterocycles. The summed E-state index contributed by atoms with van der Waals surface area (Å²) in [5, 5.41) is 10.7. The molecule has 11 heteroatoms. The van der Waals surface area contributed by atoms with Gasteiger partial charge in [-0.3, -0.25) is 4.85 Å². The van der Waals surface area contributed by atoms with E-state index < -0.39 is 15.8 Å². The Balaban J connectivity index is 1.73. The molecule has 4 N–H and O–H groups in total. The third-order valence-electron chi connectivity index (χ3n) is 3.60. The molecular formula is C18H15FN6O3S. The van der Waals surface area contributed by atoms with Crippen LogP contribution in [0.3, 0.4) is 0 Å². The van der Waals surface area contributed by atoms with Crippen molar-refractivity contribution in [1.29, 1.82) is 0 Å². The Labute approximate surface area is 166 Å². The first kappa shape index (κ1) is 20.0. The SMILES string of the molecule is [C-]#[N+]COc1ccc(Nc2nc(Nc3ccc(S(N)(=O)=O)cc3)ncc2F)cc1. The van der Waals surface area contributed by atoms with Crippen LogP contribution < -0.4 is 20.5 Å². The molecule has 0 aliphatic carbocycles. The maximum Gasteiger partial charge on any atom is 0.357 e. The van der Waals surface area contributed by atoms with Crippen LogP contribution in [-0.2, 0) is 10.0 Å². The highest BCUT2D eigenvalue weighted by molar-refractivity contribution is 7.89. The quantitative estimate of drug-likeness (QED) is 0.508. The summed E-state index contributed by atoms with van der Waals surface area (Å²) in [6.45, 7) is 6.62. The van der Waals surface area contributed by atoms with Crippen molar-refractivity contribution in [1.82, 2.24) is 9.97 Å². The Bertz CT molecular complexity index is 1150. The molecule has 3 aromatic rings. The summed E-state index contributed by atoms with van der Waals surface area (Å²) in [5.41, 5.74) is 1.05. The van der Waals surface area contributed by atoms with Crippen molar-refractivity contribution in [2.24, 2.45) is 5.14 Å². The van der Waals surface area contributed by atoms with Gasteiger partial charge in [0.25, 0.3) is 0 Å². The van der Waals surface area contributed by atoms with Gasteiger partial charge in [-0.15, -0.1) is 0 Å². The van der Waals surface area contributed by atoms with Crippen molar-refractivity contribution < 1.29 is 17.5 Å². The second-order valence-corrected chi connectivity index (χ2v) is 7.23. The van der Waals surface area contributed by atoms with Crippen molar-refractivity contribution >= 4 is 33.2 Å². The molecule has 0 aliphatic rings. The van der Waals surface area contributed by atoms with Gasteiger partial charge in [-0.1, -0.05) is 0 Å². The number of primary sulfonamides is 1. The molecule has 0 spiro atoms. The Kier molecular flexibility index (Phi) is 5.87. The molecule has 0 unspecified atom stereocenters. The summed E-state index contributed by atoms with van der Waals surface area (Å²) in [6, 6.07) is 12.2. The first-order valence-electron chi connectivity index (χ1n) is 8.11. The number of halogens is 1. The van der Waals surface area contributed by atoms with Crippen LogP contribution >= 0.6 is 0 Å². The van der Waals surface area contributed by atoms with Crippen LogP contribution in [0.5, 0.6) is 5.75 Å². The molecule has 0 amide bonds. The fraction of sp³-hybridized carbons (Fsp3) is 0.0556. The minimum absolute atomic E-state index is 0.0331. The highest BCUT2D eigenvalue weighted by atomic mass is 32.2. The number of benzene rings is 2. The number of anilines is 4. The van der Waals surface area contributed by atoms with Crippen LogP contribution in [0.25, 0.3) is 4.85 Å². The standard InChI is InChI=1S/C18H15FN6O3S/c1-21-11-28-14-6-2-12(3-7-14)23-17-16(19)10-22-18(25-17)24-13-4-8-15(9-5-13)29(20,26)27/h2-10H,11H2,(H2,20,26,27)(H2,22,23,24,25). The topological polar surface area (TPSA) is 124 Å². The van der Waals surface area contributed by atoms with Gasteiger partial charge in [-0.25, -0.2) is 29.5 Å². The van der Waals surface area contributed by atoms with E-state index in [0.717, 1.165) is 6.20 Å². The van der Waals surface area contributed by atoms with Crippen LogP contribution in [-0.4, -0.2) is 25.1 Å². The van der Waals surface area contributed by atoms with E-state index in [-0.39, 0.29) is 23.4 Å². The van der Waals surface area contributed by atoms with Gasteiger partial charge in [-0.2, -0.15) is 4.98 Å². The molecule has 0 fully saturated rings. The Morgan fingerprint density at radius 1 is 1.07 bits per heavy atom. The van der Waals surface area contributed by atoms with E-state index in [1.807, 2.05) is 0 Å². The summed E-state index contributed by atoms with van der Waals surface area (Å²) < 4.78 is 41.8. The number of aromatic nitrogens is 2. The molecule has 9 nitrogen and oxygen atoms in total. The average molecular weight is 414 g/mol. The Morgan fingerprint density at radius 3 is 2.31 bits per heavy atom. The van der Waals surface area contributed by atoms with Crippen LogP contribution in [0.1, 0.15) is 0 Å². The molecule has 1 aromatic heterocycles. The first-order chi connectivity index (χ1) is 13.8. The predicted molar refractivity (Wildman–Crippen MR) is 105 cm³/mol.